The summed E-state index contributed by atoms with van der Waals surface area (Å²) in [5, 5.41) is 7.80. The quantitative estimate of drug-likeness (QED) is 0.735. The Balaban J connectivity index is 2.58. The second-order valence-corrected chi connectivity index (χ2v) is 3.64. The highest BCUT2D eigenvalue weighted by atomic mass is 16.1. The standard InChI is InChI=1S/C11H12N2O/c1-7(2)11(14)10-8-5-3-4-6-9(8)12-13-10/h3-7H,1-2H3,(H,12,13). The Morgan fingerprint density at radius 1 is 1.36 bits per heavy atom. The van der Waals surface area contributed by atoms with E-state index in [-0.39, 0.29) is 11.7 Å². The summed E-state index contributed by atoms with van der Waals surface area (Å²) in [7, 11) is 0. The van der Waals surface area contributed by atoms with Crippen molar-refractivity contribution in [2.45, 2.75) is 13.8 Å². The number of Topliss-reactive ketones (excluding diaryl/α,β-unsaturated/α-hetero) is 1. The van der Waals surface area contributed by atoms with Crippen LogP contribution < -0.4 is 0 Å². The summed E-state index contributed by atoms with van der Waals surface area (Å²) in [6.07, 6.45) is 0. The minimum absolute atomic E-state index is 0.0123. The van der Waals surface area contributed by atoms with Gasteiger partial charge >= 0.3 is 0 Å². The third-order valence-electron chi connectivity index (χ3n) is 2.23. The van der Waals surface area contributed by atoms with Gasteiger partial charge in [-0.1, -0.05) is 32.0 Å². The number of para-hydroxylation sites is 1. The average molecular weight is 188 g/mol. The summed E-state index contributed by atoms with van der Waals surface area (Å²) in [5.41, 5.74) is 1.46. The Morgan fingerprint density at radius 2 is 2.07 bits per heavy atom. The first-order valence-corrected chi connectivity index (χ1v) is 4.67. The van der Waals surface area contributed by atoms with Crippen LogP contribution in [0.15, 0.2) is 24.3 Å². The van der Waals surface area contributed by atoms with Crippen molar-refractivity contribution in [1.82, 2.24) is 10.2 Å². The molecule has 0 aliphatic carbocycles. The normalized spacial score (nSPS) is 11.1. The van der Waals surface area contributed by atoms with E-state index < -0.39 is 0 Å². The number of ketones is 1. The van der Waals surface area contributed by atoms with E-state index in [9.17, 15) is 4.79 Å². The molecule has 14 heavy (non-hydrogen) atoms. The molecule has 0 saturated carbocycles. The molecule has 0 unspecified atom stereocenters. The summed E-state index contributed by atoms with van der Waals surface area (Å²) >= 11 is 0. The number of hydrogen-bond acceptors (Lipinski definition) is 2. The number of fused-ring (bicyclic) bond motifs is 1. The third kappa shape index (κ3) is 1.31. The molecule has 0 amide bonds. The van der Waals surface area contributed by atoms with Crippen molar-refractivity contribution in [3.05, 3.63) is 30.0 Å². The van der Waals surface area contributed by atoms with Gasteiger partial charge in [0.25, 0.3) is 0 Å². The number of carbonyl (C=O) groups excluding carboxylic acids is 1. The van der Waals surface area contributed by atoms with Crippen molar-refractivity contribution in [3.63, 3.8) is 0 Å². The Morgan fingerprint density at radius 3 is 2.79 bits per heavy atom. The van der Waals surface area contributed by atoms with Crippen LogP contribution in [-0.2, 0) is 0 Å². The van der Waals surface area contributed by atoms with Gasteiger partial charge in [-0.3, -0.25) is 9.89 Å². The first-order valence-electron chi connectivity index (χ1n) is 4.67. The fourth-order valence-corrected chi connectivity index (χ4v) is 1.42. The number of H-pyrrole nitrogens is 1. The molecule has 3 heteroatoms. The molecule has 2 rings (SSSR count). The Kier molecular flexibility index (Phi) is 2.08. The lowest BCUT2D eigenvalue weighted by atomic mass is 10.0. The van der Waals surface area contributed by atoms with Gasteiger partial charge in [0, 0.05) is 11.3 Å². The van der Waals surface area contributed by atoms with Gasteiger partial charge in [0.1, 0.15) is 5.69 Å². The fourth-order valence-electron chi connectivity index (χ4n) is 1.42. The summed E-state index contributed by atoms with van der Waals surface area (Å²) in [6.45, 7) is 3.76. The van der Waals surface area contributed by atoms with Gasteiger partial charge in [0.2, 0.25) is 0 Å². The summed E-state index contributed by atoms with van der Waals surface area (Å²) in [4.78, 5) is 11.7. The summed E-state index contributed by atoms with van der Waals surface area (Å²) < 4.78 is 0. The van der Waals surface area contributed by atoms with Gasteiger partial charge in [-0.05, 0) is 6.07 Å². The van der Waals surface area contributed by atoms with E-state index in [1.807, 2.05) is 38.1 Å². The number of hydrogen-bond donors (Lipinski definition) is 1. The van der Waals surface area contributed by atoms with Crippen molar-refractivity contribution < 1.29 is 4.79 Å². The van der Waals surface area contributed by atoms with Crippen molar-refractivity contribution in [2.75, 3.05) is 0 Å². The Labute approximate surface area is 82.1 Å². The minimum Gasteiger partial charge on any atom is -0.292 e. The van der Waals surface area contributed by atoms with E-state index in [2.05, 4.69) is 10.2 Å². The summed E-state index contributed by atoms with van der Waals surface area (Å²) in [6, 6.07) is 7.66. The third-order valence-corrected chi connectivity index (χ3v) is 2.23. The highest BCUT2D eigenvalue weighted by Gasteiger charge is 2.16. The molecule has 72 valence electrons. The molecule has 0 spiro atoms. The predicted octanol–water partition coefficient (Wildman–Crippen LogP) is 2.40. The number of aromatic nitrogens is 2. The monoisotopic (exact) mass is 188 g/mol. The first-order chi connectivity index (χ1) is 6.70. The van der Waals surface area contributed by atoms with Gasteiger partial charge in [-0.15, -0.1) is 0 Å². The number of carbonyl (C=O) groups is 1. The number of rotatable bonds is 2. The zero-order chi connectivity index (χ0) is 10.1. The number of benzene rings is 1. The van der Waals surface area contributed by atoms with Crippen molar-refractivity contribution in [1.29, 1.82) is 0 Å². The van der Waals surface area contributed by atoms with Gasteiger partial charge < -0.3 is 0 Å². The van der Waals surface area contributed by atoms with E-state index in [1.54, 1.807) is 0 Å². The molecule has 1 aromatic carbocycles. The van der Waals surface area contributed by atoms with Crippen LogP contribution >= 0.6 is 0 Å². The van der Waals surface area contributed by atoms with E-state index in [4.69, 9.17) is 0 Å². The molecule has 3 nitrogen and oxygen atoms in total. The SMILES string of the molecule is CC(C)C(=O)c1n[nH]c2ccccc12. The second-order valence-electron chi connectivity index (χ2n) is 3.64. The van der Waals surface area contributed by atoms with E-state index in [0.717, 1.165) is 10.9 Å². The van der Waals surface area contributed by atoms with Gasteiger partial charge in [0.05, 0.1) is 5.52 Å². The Hall–Kier alpha value is -1.64. The first kappa shape index (κ1) is 8.94. The average Bonchev–Trinajstić information content (AvgIpc) is 2.60. The molecule has 0 aliphatic rings. The molecule has 2 aromatic rings. The highest BCUT2D eigenvalue weighted by molar-refractivity contribution is 6.06. The molecule has 0 atom stereocenters. The molecule has 0 fully saturated rings. The molecule has 0 radical (unpaired) electrons. The molecular formula is C11H12N2O. The van der Waals surface area contributed by atoms with E-state index >= 15 is 0 Å². The molecule has 0 saturated heterocycles. The van der Waals surface area contributed by atoms with Crippen molar-refractivity contribution >= 4 is 16.7 Å². The Bertz CT molecular complexity index is 471. The van der Waals surface area contributed by atoms with E-state index in [0.29, 0.717) is 5.69 Å². The molecule has 1 aromatic heterocycles. The van der Waals surface area contributed by atoms with Crippen LogP contribution in [0.3, 0.4) is 0 Å². The van der Waals surface area contributed by atoms with Crippen LogP contribution in [0.2, 0.25) is 0 Å². The van der Waals surface area contributed by atoms with Crippen LogP contribution in [0.4, 0.5) is 0 Å². The molecular weight excluding hydrogens is 176 g/mol. The molecule has 0 aliphatic heterocycles. The number of nitrogens with zero attached hydrogens (tertiary/aromatic N) is 1. The smallest absolute Gasteiger partial charge is 0.186 e. The van der Waals surface area contributed by atoms with Crippen LogP contribution in [0, 0.1) is 5.92 Å². The molecule has 0 bridgehead atoms. The maximum absolute atomic E-state index is 11.7. The van der Waals surface area contributed by atoms with Crippen LogP contribution in [0.1, 0.15) is 24.3 Å². The highest BCUT2D eigenvalue weighted by Crippen LogP contribution is 2.17. The van der Waals surface area contributed by atoms with Crippen LogP contribution in [0.5, 0.6) is 0 Å². The molecule has 1 heterocycles. The predicted molar refractivity (Wildman–Crippen MR) is 55.3 cm³/mol. The van der Waals surface area contributed by atoms with Crippen LogP contribution in [0.25, 0.3) is 10.9 Å². The lowest BCUT2D eigenvalue weighted by Crippen LogP contribution is -2.08. The topological polar surface area (TPSA) is 45.8 Å². The largest absolute Gasteiger partial charge is 0.292 e. The number of nitrogens with one attached hydrogen (secondary N) is 1. The van der Waals surface area contributed by atoms with Gasteiger partial charge in [0.15, 0.2) is 5.78 Å². The van der Waals surface area contributed by atoms with Crippen molar-refractivity contribution in [3.8, 4) is 0 Å². The van der Waals surface area contributed by atoms with Gasteiger partial charge in [-0.25, -0.2) is 0 Å². The van der Waals surface area contributed by atoms with E-state index in [1.165, 1.54) is 0 Å². The fraction of sp³-hybridized carbons (Fsp3) is 0.273. The lowest BCUT2D eigenvalue weighted by molar-refractivity contribution is 0.0936. The second kappa shape index (κ2) is 3.25. The van der Waals surface area contributed by atoms with Gasteiger partial charge in [-0.2, -0.15) is 5.10 Å². The molecule has 1 N–H and O–H groups in total. The summed E-state index contributed by atoms with van der Waals surface area (Å²) in [5.74, 6) is 0.0733. The van der Waals surface area contributed by atoms with Crippen molar-refractivity contribution in [2.24, 2.45) is 5.92 Å². The number of aromatic amines is 1. The maximum atomic E-state index is 11.7. The zero-order valence-corrected chi connectivity index (χ0v) is 8.24. The van der Waals surface area contributed by atoms with Crippen LogP contribution in [-0.4, -0.2) is 16.0 Å². The minimum atomic E-state index is -0.0123. The lowest BCUT2D eigenvalue weighted by Gasteiger charge is -1.99. The zero-order valence-electron chi connectivity index (χ0n) is 8.24. The maximum Gasteiger partial charge on any atom is 0.186 e.